The molecule has 1 fully saturated rings. The molecule has 0 radical (unpaired) electrons. The van der Waals surface area contributed by atoms with Gasteiger partial charge in [-0.2, -0.15) is 0 Å². The lowest BCUT2D eigenvalue weighted by molar-refractivity contribution is -0.125. The minimum Gasteiger partial charge on any atom is -0.508 e. The van der Waals surface area contributed by atoms with Crippen LogP contribution in [0.1, 0.15) is 18.4 Å². The van der Waals surface area contributed by atoms with Gasteiger partial charge < -0.3 is 26.0 Å². The number of hydrogen-bond donors (Lipinski definition) is 4. The lowest BCUT2D eigenvalue weighted by Gasteiger charge is -2.32. The summed E-state index contributed by atoms with van der Waals surface area (Å²) < 4.78 is 5.19. The van der Waals surface area contributed by atoms with E-state index in [1.165, 1.54) is 0 Å². The minimum atomic E-state index is -0.897. The van der Waals surface area contributed by atoms with E-state index in [1.807, 2.05) is 0 Å². The van der Waals surface area contributed by atoms with Crippen molar-refractivity contribution in [2.75, 3.05) is 19.8 Å². The van der Waals surface area contributed by atoms with Crippen molar-refractivity contribution in [2.24, 2.45) is 5.73 Å². The number of carbonyl (C=O) groups excluding carboxylic acids is 1. The monoisotopic (exact) mass is 294 g/mol. The lowest BCUT2D eigenvalue weighted by atomic mass is 9.94. The molecule has 1 unspecified atom stereocenters. The molecular formula is C15H22N2O4. The van der Waals surface area contributed by atoms with E-state index in [1.54, 1.807) is 24.3 Å². The lowest BCUT2D eigenvalue weighted by Crippen LogP contribution is -2.50. The molecule has 6 heteroatoms. The number of nitrogens with one attached hydrogen (secondary N) is 1. The van der Waals surface area contributed by atoms with Crippen LogP contribution >= 0.6 is 0 Å². The number of carbonyl (C=O) groups is 1. The molecule has 1 atom stereocenters. The van der Waals surface area contributed by atoms with Crippen LogP contribution in [0.4, 0.5) is 0 Å². The molecule has 1 aliphatic rings. The second-order valence-electron chi connectivity index (χ2n) is 5.53. The fourth-order valence-electron chi connectivity index (χ4n) is 2.29. The number of rotatable bonds is 5. The Labute approximate surface area is 123 Å². The molecule has 1 heterocycles. The van der Waals surface area contributed by atoms with Gasteiger partial charge in [-0.3, -0.25) is 4.79 Å². The summed E-state index contributed by atoms with van der Waals surface area (Å²) in [7, 11) is 0. The predicted octanol–water partition coefficient (Wildman–Crippen LogP) is -0.0803. The molecule has 1 aliphatic heterocycles. The summed E-state index contributed by atoms with van der Waals surface area (Å²) in [5.74, 6) is -0.110. The summed E-state index contributed by atoms with van der Waals surface area (Å²) in [6.07, 6.45) is 1.41. The summed E-state index contributed by atoms with van der Waals surface area (Å²) in [5.41, 5.74) is 5.84. The fraction of sp³-hybridized carbons (Fsp3) is 0.533. The van der Waals surface area contributed by atoms with Crippen LogP contribution in [0.5, 0.6) is 5.75 Å². The third-order valence-corrected chi connectivity index (χ3v) is 3.74. The largest absolute Gasteiger partial charge is 0.508 e. The quantitative estimate of drug-likeness (QED) is 0.608. The second-order valence-corrected chi connectivity index (χ2v) is 5.53. The highest BCUT2D eigenvalue weighted by Crippen LogP contribution is 2.19. The number of benzene rings is 1. The molecule has 116 valence electrons. The number of aromatic hydroxyl groups is 1. The van der Waals surface area contributed by atoms with Gasteiger partial charge in [-0.05, 0) is 24.1 Å². The molecule has 21 heavy (non-hydrogen) atoms. The highest BCUT2D eigenvalue weighted by Gasteiger charge is 2.30. The average Bonchev–Trinajstić information content (AvgIpc) is 2.48. The van der Waals surface area contributed by atoms with Crippen molar-refractivity contribution < 1.29 is 19.7 Å². The molecule has 0 spiro atoms. The Hall–Kier alpha value is -1.63. The number of phenols is 1. The molecule has 1 saturated heterocycles. The van der Waals surface area contributed by atoms with E-state index < -0.39 is 11.6 Å². The standard InChI is InChI=1S/C15H22N2O4/c16-13(9-11-1-3-12(18)4-2-11)14(19)17-10-15(20)5-7-21-8-6-15/h1-4,13,18,20H,5-10,16H2,(H,17,19). The van der Waals surface area contributed by atoms with Gasteiger partial charge in [0, 0.05) is 32.6 Å². The molecule has 5 N–H and O–H groups in total. The van der Waals surface area contributed by atoms with Gasteiger partial charge in [-0.15, -0.1) is 0 Å². The van der Waals surface area contributed by atoms with E-state index in [4.69, 9.17) is 10.5 Å². The summed E-state index contributed by atoms with van der Waals surface area (Å²) in [4.78, 5) is 12.0. The van der Waals surface area contributed by atoms with E-state index in [-0.39, 0.29) is 18.2 Å². The molecule has 0 aromatic heterocycles. The van der Waals surface area contributed by atoms with Crippen LogP contribution in [-0.4, -0.2) is 47.5 Å². The molecule has 6 nitrogen and oxygen atoms in total. The first-order valence-electron chi connectivity index (χ1n) is 7.10. The van der Waals surface area contributed by atoms with Crippen LogP contribution in [0, 0.1) is 0 Å². The zero-order valence-electron chi connectivity index (χ0n) is 11.9. The van der Waals surface area contributed by atoms with Crippen LogP contribution in [0.15, 0.2) is 24.3 Å². The van der Waals surface area contributed by atoms with Gasteiger partial charge in [0.25, 0.3) is 0 Å². The van der Waals surface area contributed by atoms with E-state index in [2.05, 4.69) is 5.32 Å². The first kappa shape index (κ1) is 15.8. The maximum Gasteiger partial charge on any atom is 0.237 e. The molecular weight excluding hydrogens is 272 g/mol. The van der Waals surface area contributed by atoms with Gasteiger partial charge in [0.1, 0.15) is 5.75 Å². The van der Waals surface area contributed by atoms with E-state index in [0.717, 1.165) is 5.56 Å². The summed E-state index contributed by atoms with van der Waals surface area (Å²) >= 11 is 0. The molecule has 0 bridgehead atoms. The number of phenolic OH excluding ortho intramolecular Hbond substituents is 1. The molecule has 2 rings (SSSR count). The Morgan fingerprint density at radius 1 is 1.33 bits per heavy atom. The first-order chi connectivity index (χ1) is 9.98. The van der Waals surface area contributed by atoms with Crippen LogP contribution in [0.2, 0.25) is 0 Å². The second kappa shape index (κ2) is 6.89. The molecule has 1 amide bonds. The van der Waals surface area contributed by atoms with Crippen molar-refractivity contribution in [1.82, 2.24) is 5.32 Å². The van der Waals surface area contributed by atoms with Gasteiger partial charge in [-0.25, -0.2) is 0 Å². The van der Waals surface area contributed by atoms with Crippen molar-refractivity contribution in [3.8, 4) is 5.75 Å². The Balaban J connectivity index is 1.80. The SMILES string of the molecule is NC(Cc1ccc(O)cc1)C(=O)NCC1(O)CCOCC1. The van der Waals surface area contributed by atoms with E-state index in [9.17, 15) is 15.0 Å². The number of ether oxygens (including phenoxy) is 1. The summed E-state index contributed by atoms with van der Waals surface area (Å²) in [5, 5.41) is 22.2. The van der Waals surface area contributed by atoms with E-state index >= 15 is 0 Å². The van der Waals surface area contributed by atoms with Crippen molar-refractivity contribution in [3.05, 3.63) is 29.8 Å². The Morgan fingerprint density at radius 2 is 1.95 bits per heavy atom. The Morgan fingerprint density at radius 3 is 2.57 bits per heavy atom. The van der Waals surface area contributed by atoms with Crippen molar-refractivity contribution >= 4 is 5.91 Å². The third kappa shape index (κ3) is 4.70. The number of aliphatic hydroxyl groups is 1. The first-order valence-corrected chi connectivity index (χ1v) is 7.10. The zero-order chi connectivity index (χ0) is 15.3. The van der Waals surface area contributed by atoms with Gasteiger partial charge >= 0.3 is 0 Å². The van der Waals surface area contributed by atoms with Gasteiger partial charge in [0.05, 0.1) is 11.6 Å². The van der Waals surface area contributed by atoms with E-state index in [0.29, 0.717) is 32.5 Å². The van der Waals surface area contributed by atoms with Crippen LogP contribution in [0.25, 0.3) is 0 Å². The number of nitrogens with two attached hydrogens (primary N) is 1. The maximum absolute atomic E-state index is 12.0. The fourth-order valence-corrected chi connectivity index (χ4v) is 2.29. The van der Waals surface area contributed by atoms with Gasteiger partial charge in [0.2, 0.25) is 5.91 Å². The molecule has 0 saturated carbocycles. The third-order valence-electron chi connectivity index (χ3n) is 3.74. The summed E-state index contributed by atoms with van der Waals surface area (Å²) in [6, 6.07) is 5.90. The van der Waals surface area contributed by atoms with Crippen LogP contribution in [-0.2, 0) is 16.0 Å². The highest BCUT2D eigenvalue weighted by atomic mass is 16.5. The summed E-state index contributed by atoms with van der Waals surface area (Å²) in [6.45, 7) is 1.20. The topological polar surface area (TPSA) is 105 Å². The zero-order valence-corrected chi connectivity index (χ0v) is 11.9. The van der Waals surface area contributed by atoms with Crippen LogP contribution < -0.4 is 11.1 Å². The van der Waals surface area contributed by atoms with Gasteiger partial charge in [-0.1, -0.05) is 12.1 Å². The molecule has 1 aromatic rings. The number of hydrogen-bond acceptors (Lipinski definition) is 5. The predicted molar refractivity (Wildman–Crippen MR) is 77.8 cm³/mol. The van der Waals surface area contributed by atoms with Crippen LogP contribution in [0.3, 0.4) is 0 Å². The highest BCUT2D eigenvalue weighted by molar-refractivity contribution is 5.81. The number of amides is 1. The van der Waals surface area contributed by atoms with Crippen molar-refractivity contribution in [1.29, 1.82) is 0 Å². The normalized spacial score (nSPS) is 19.0. The van der Waals surface area contributed by atoms with Crippen molar-refractivity contribution in [3.63, 3.8) is 0 Å². The van der Waals surface area contributed by atoms with Crippen molar-refractivity contribution in [2.45, 2.75) is 30.9 Å². The maximum atomic E-state index is 12.0. The van der Waals surface area contributed by atoms with Gasteiger partial charge in [0.15, 0.2) is 0 Å². The smallest absolute Gasteiger partial charge is 0.237 e. The average molecular weight is 294 g/mol. The minimum absolute atomic E-state index is 0.179. The molecule has 1 aromatic carbocycles. The Bertz CT molecular complexity index is 469. The molecule has 0 aliphatic carbocycles. The Kier molecular flexibility index (Phi) is 5.17.